The van der Waals surface area contributed by atoms with Gasteiger partial charge in [-0.15, -0.1) is 0 Å². The average Bonchev–Trinajstić information content (AvgIpc) is 3.44. The van der Waals surface area contributed by atoms with Gasteiger partial charge in [0.1, 0.15) is 35.9 Å². The third-order valence-corrected chi connectivity index (χ3v) is 5.83. The number of fused-ring (bicyclic) bond motifs is 2. The van der Waals surface area contributed by atoms with Gasteiger partial charge < -0.3 is 30.2 Å². The molecule has 1 saturated heterocycles. The summed E-state index contributed by atoms with van der Waals surface area (Å²) in [5.74, 6) is 1.06. The van der Waals surface area contributed by atoms with Crippen molar-refractivity contribution in [1.29, 1.82) is 0 Å². The molecule has 1 aliphatic carbocycles. The van der Waals surface area contributed by atoms with Crippen molar-refractivity contribution in [3.63, 3.8) is 0 Å². The molecule has 10 heteroatoms. The van der Waals surface area contributed by atoms with Gasteiger partial charge >= 0.3 is 0 Å². The van der Waals surface area contributed by atoms with E-state index in [9.17, 15) is 10.2 Å². The van der Waals surface area contributed by atoms with E-state index in [-0.39, 0.29) is 18.5 Å². The van der Waals surface area contributed by atoms with Gasteiger partial charge in [0.2, 0.25) is 0 Å². The first-order chi connectivity index (χ1) is 14.6. The quantitative estimate of drug-likeness (QED) is 0.553. The smallest absolute Gasteiger partial charge is 0.167 e. The molecule has 1 aliphatic heterocycles. The Labute approximate surface area is 172 Å². The molecular weight excluding hydrogens is 390 g/mol. The minimum atomic E-state index is -1.16. The monoisotopic (exact) mass is 413 g/mol. The van der Waals surface area contributed by atoms with E-state index >= 15 is 0 Å². The Hall–Kier alpha value is -2.79. The molecule has 0 saturated carbocycles. The zero-order valence-electron chi connectivity index (χ0n) is 16.4. The number of hydrogen-bond acceptors (Lipinski definition) is 9. The molecule has 1 aromatic carbocycles. The SMILES string of the molecule is COc1ccc2c(c1)CCC2OC[C@H]1O[C@@H](n2cnc3c(N)ncnc32)[C@H](O)[C@@H]1O. The van der Waals surface area contributed by atoms with Gasteiger partial charge in [0.25, 0.3) is 0 Å². The number of aryl methyl sites for hydroxylation is 1. The Morgan fingerprint density at radius 2 is 2.10 bits per heavy atom. The van der Waals surface area contributed by atoms with Crippen molar-refractivity contribution in [2.75, 3.05) is 19.5 Å². The van der Waals surface area contributed by atoms with Gasteiger partial charge in [-0.05, 0) is 36.1 Å². The number of anilines is 1. The van der Waals surface area contributed by atoms with Crippen molar-refractivity contribution in [3.8, 4) is 5.75 Å². The largest absolute Gasteiger partial charge is 0.497 e. The first kappa shape index (κ1) is 19.2. The third kappa shape index (κ3) is 3.08. The molecule has 2 aromatic heterocycles. The maximum atomic E-state index is 10.6. The summed E-state index contributed by atoms with van der Waals surface area (Å²) in [5, 5.41) is 21.1. The highest BCUT2D eigenvalue weighted by Crippen LogP contribution is 2.38. The first-order valence-corrected chi connectivity index (χ1v) is 9.80. The summed E-state index contributed by atoms with van der Waals surface area (Å²) in [6, 6.07) is 5.95. The fourth-order valence-electron chi connectivity index (χ4n) is 4.22. The number of ether oxygens (including phenoxy) is 3. The molecule has 4 N–H and O–H groups in total. The van der Waals surface area contributed by atoms with Gasteiger partial charge in [0.15, 0.2) is 17.7 Å². The minimum Gasteiger partial charge on any atom is -0.497 e. The van der Waals surface area contributed by atoms with Crippen LogP contribution in [0.3, 0.4) is 0 Å². The molecule has 2 aliphatic rings. The van der Waals surface area contributed by atoms with Crippen molar-refractivity contribution in [2.45, 2.75) is 43.5 Å². The van der Waals surface area contributed by atoms with Crippen LogP contribution in [0.25, 0.3) is 11.2 Å². The lowest BCUT2D eigenvalue weighted by Gasteiger charge is -2.19. The highest BCUT2D eigenvalue weighted by Gasteiger charge is 2.45. The predicted molar refractivity (Wildman–Crippen MR) is 106 cm³/mol. The molecule has 1 unspecified atom stereocenters. The van der Waals surface area contributed by atoms with Crippen molar-refractivity contribution >= 4 is 17.0 Å². The van der Waals surface area contributed by atoms with E-state index in [0.717, 1.165) is 24.2 Å². The molecule has 5 rings (SSSR count). The molecule has 1 fully saturated rings. The van der Waals surface area contributed by atoms with Crippen molar-refractivity contribution < 1.29 is 24.4 Å². The van der Waals surface area contributed by atoms with Gasteiger partial charge in [-0.3, -0.25) is 4.57 Å². The van der Waals surface area contributed by atoms with E-state index in [1.54, 1.807) is 11.7 Å². The number of methoxy groups -OCH3 is 1. The molecule has 3 aromatic rings. The van der Waals surface area contributed by atoms with Crippen LogP contribution in [-0.2, 0) is 15.9 Å². The normalized spacial score (nSPS) is 28.2. The van der Waals surface area contributed by atoms with Crippen LogP contribution >= 0.6 is 0 Å². The molecule has 30 heavy (non-hydrogen) atoms. The number of hydrogen-bond donors (Lipinski definition) is 3. The van der Waals surface area contributed by atoms with Crippen molar-refractivity contribution in [2.24, 2.45) is 0 Å². The highest BCUT2D eigenvalue weighted by molar-refractivity contribution is 5.81. The van der Waals surface area contributed by atoms with Crippen molar-refractivity contribution in [3.05, 3.63) is 42.0 Å². The van der Waals surface area contributed by atoms with Crippen LogP contribution in [0.1, 0.15) is 29.9 Å². The Morgan fingerprint density at radius 3 is 2.93 bits per heavy atom. The van der Waals surface area contributed by atoms with Crippen LogP contribution in [0.4, 0.5) is 5.82 Å². The van der Waals surface area contributed by atoms with E-state index in [1.807, 2.05) is 18.2 Å². The number of rotatable bonds is 5. The number of nitrogen functional groups attached to an aromatic ring is 1. The number of nitrogens with zero attached hydrogens (tertiary/aromatic N) is 4. The predicted octanol–water partition coefficient (Wildman–Crippen LogP) is 0.740. The van der Waals surface area contributed by atoms with Gasteiger partial charge in [-0.2, -0.15) is 0 Å². The number of benzene rings is 1. The van der Waals surface area contributed by atoms with Crippen LogP contribution in [0.15, 0.2) is 30.9 Å². The molecule has 0 spiro atoms. The number of aromatic nitrogens is 4. The summed E-state index contributed by atoms with van der Waals surface area (Å²) < 4.78 is 18.8. The topological polar surface area (TPSA) is 138 Å². The van der Waals surface area contributed by atoms with E-state index in [1.165, 1.54) is 18.2 Å². The van der Waals surface area contributed by atoms with Crippen molar-refractivity contribution in [1.82, 2.24) is 19.5 Å². The van der Waals surface area contributed by atoms with Crippen LogP contribution in [-0.4, -0.2) is 61.8 Å². The summed E-state index contributed by atoms with van der Waals surface area (Å²) in [6.45, 7) is 0.147. The first-order valence-electron chi connectivity index (χ1n) is 9.80. The Kier molecular flexibility index (Phi) is 4.78. The van der Waals surface area contributed by atoms with Crippen LogP contribution in [0.2, 0.25) is 0 Å². The number of imidazole rings is 1. The van der Waals surface area contributed by atoms with E-state index in [0.29, 0.717) is 11.2 Å². The van der Waals surface area contributed by atoms with E-state index in [2.05, 4.69) is 15.0 Å². The number of aliphatic hydroxyl groups excluding tert-OH is 2. The maximum Gasteiger partial charge on any atom is 0.167 e. The standard InChI is InChI=1S/C20H23N5O5/c1-28-11-3-4-12-10(6-11)2-5-13(12)29-7-14-16(26)17(27)20(30-14)25-9-24-15-18(21)22-8-23-19(15)25/h3-4,6,8-9,13-14,16-17,20,26-27H,2,5,7H2,1H3,(H2,21,22,23)/t13?,14-,16-,17-,20-/m1/s1. The molecular formula is C20H23N5O5. The van der Waals surface area contributed by atoms with Crippen LogP contribution in [0.5, 0.6) is 5.75 Å². The average molecular weight is 413 g/mol. The zero-order chi connectivity index (χ0) is 20.8. The fourth-order valence-corrected chi connectivity index (χ4v) is 4.22. The summed E-state index contributed by atoms with van der Waals surface area (Å²) in [4.78, 5) is 12.3. The second kappa shape index (κ2) is 7.47. The number of nitrogens with two attached hydrogens (primary N) is 1. The lowest BCUT2D eigenvalue weighted by atomic mass is 10.1. The van der Waals surface area contributed by atoms with E-state index in [4.69, 9.17) is 19.9 Å². The lowest BCUT2D eigenvalue weighted by molar-refractivity contribution is -0.0813. The Morgan fingerprint density at radius 1 is 1.23 bits per heavy atom. The molecule has 0 bridgehead atoms. The second-order valence-electron chi connectivity index (χ2n) is 7.55. The molecule has 5 atom stereocenters. The van der Waals surface area contributed by atoms with E-state index < -0.39 is 24.5 Å². The minimum absolute atomic E-state index is 0.0838. The summed E-state index contributed by atoms with van der Waals surface area (Å²) >= 11 is 0. The van der Waals surface area contributed by atoms with Gasteiger partial charge in [0.05, 0.1) is 26.1 Å². The summed E-state index contributed by atoms with van der Waals surface area (Å²) in [5.41, 5.74) is 8.99. The molecule has 0 amide bonds. The third-order valence-electron chi connectivity index (χ3n) is 5.83. The molecule has 0 radical (unpaired) electrons. The lowest BCUT2D eigenvalue weighted by Crippen LogP contribution is -2.34. The number of aliphatic hydroxyl groups is 2. The van der Waals surface area contributed by atoms with Crippen LogP contribution in [0, 0.1) is 0 Å². The highest BCUT2D eigenvalue weighted by atomic mass is 16.6. The summed E-state index contributed by atoms with van der Waals surface area (Å²) in [7, 11) is 1.65. The second-order valence-corrected chi connectivity index (χ2v) is 7.55. The van der Waals surface area contributed by atoms with Gasteiger partial charge in [0, 0.05) is 0 Å². The Bertz CT molecular complexity index is 1070. The van der Waals surface area contributed by atoms with Gasteiger partial charge in [-0.25, -0.2) is 15.0 Å². The molecule has 3 heterocycles. The Balaban J connectivity index is 1.30. The summed E-state index contributed by atoms with van der Waals surface area (Å²) in [6.07, 6.45) is 0.645. The zero-order valence-corrected chi connectivity index (χ0v) is 16.4. The molecule has 158 valence electrons. The van der Waals surface area contributed by atoms with Crippen LogP contribution < -0.4 is 10.5 Å². The fraction of sp³-hybridized carbons (Fsp3) is 0.450. The molecule has 10 nitrogen and oxygen atoms in total. The maximum absolute atomic E-state index is 10.6. The van der Waals surface area contributed by atoms with Gasteiger partial charge in [-0.1, -0.05) is 6.07 Å².